The van der Waals surface area contributed by atoms with E-state index in [0.29, 0.717) is 49.3 Å². The minimum absolute atomic E-state index is 0.00463. The van der Waals surface area contributed by atoms with Crippen LogP contribution in [0.25, 0.3) is 11.0 Å². The van der Waals surface area contributed by atoms with Gasteiger partial charge in [-0.15, -0.1) is 0 Å². The summed E-state index contributed by atoms with van der Waals surface area (Å²) in [6, 6.07) is 19.5. The summed E-state index contributed by atoms with van der Waals surface area (Å²) in [6.45, 7) is 5.03. The lowest BCUT2D eigenvalue weighted by Crippen LogP contribution is -2.45. The zero-order valence-electron chi connectivity index (χ0n) is 34.2. The third kappa shape index (κ3) is 13.1. The summed E-state index contributed by atoms with van der Waals surface area (Å²) in [5.74, 6) is -3.77. The molecule has 1 aromatic heterocycles. The van der Waals surface area contributed by atoms with Gasteiger partial charge >= 0.3 is 12.1 Å². The van der Waals surface area contributed by atoms with E-state index in [2.05, 4.69) is 20.9 Å². The Morgan fingerprint density at radius 1 is 0.887 bits per heavy atom. The van der Waals surface area contributed by atoms with Crippen LogP contribution in [0.3, 0.4) is 0 Å². The van der Waals surface area contributed by atoms with Gasteiger partial charge in [-0.3, -0.25) is 29.3 Å². The fraction of sp³-hybridized carbons (Fsp3) is 0.295. The Balaban J connectivity index is 1.07. The molecule has 0 saturated carbocycles. The Bertz CT molecular complexity index is 2450. The fourth-order valence-electron chi connectivity index (χ4n) is 5.98. The molecule has 0 spiro atoms. The molecule has 5 rings (SSSR count). The van der Waals surface area contributed by atoms with Crippen molar-refractivity contribution in [2.24, 2.45) is 16.8 Å². The molecular weight excluding hydrogens is 842 g/mol. The Kier molecular flexibility index (Phi) is 16.2. The minimum atomic E-state index is -0.841. The molecule has 2 heterocycles. The highest BCUT2D eigenvalue weighted by Crippen LogP contribution is 2.22. The molecule has 2 atom stereocenters. The number of thiocarbonyl (C=S) groups is 1. The first kappa shape index (κ1) is 46.3. The van der Waals surface area contributed by atoms with Crippen molar-refractivity contribution >= 4 is 92.6 Å². The number of unbranched alkanes of at least 4 members (excludes halogenated alkanes) is 1. The van der Waals surface area contributed by atoms with Crippen molar-refractivity contribution in [2.45, 2.75) is 65.5 Å². The molecule has 3 N–H and O–H groups in total. The molecule has 0 radical (unpaired) electrons. The molecule has 0 fully saturated rings. The number of carbonyl (C=O) groups is 7. The van der Waals surface area contributed by atoms with Gasteiger partial charge in [0.15, 0.2) is 5.78 Å². The number of Topliss-reactive ketones (excluding diaryl/α,β-unsaturated/α-hetero) is 1. The minimum Gasteiger partial charge on any atom is -0.497 e. The number of nitrogens with zero attached hydrogens (tertiary/aromatic N) is 2. The first-order chi connectivity index (χ1) is 29.6. The number of halogens is 1. The van der Waals surface area contributed by atoms with Gasteiger partial charge in [0.1, 0.15) is 22.9 Å². The van der Waals surface area contributed by atoms with Crippen LogP contribution in [0, 0.1) is 11.8 Å². The zero-order valence-corrected chi connectivity index (χ0v) is 35.8. The third-order valence-corrected chi connectivity index (χ3v) is 9.90. The van der Waals surface area contributed by atoms with Gasteiger partial charge in [-0.25, -0.2) is 14.6 Å². The smallest absolute Gasteiger partial charge is 0.412 e. The number of ketones is 1. The Labute approximate surface area is 366 Å². The lowest BCUT2D eigenvalue weighted by atomic mass is 9.92. The largest absolute Gasteiger partial charge is 0.497 e. The van der Waals surface area contributed by atoms with E-state index in [4.69, 9.17) is 42.5 Å². The molecule has 0 bridgehead atoms. The van der Waals surface area contributed by atoms with Crippen LogP contribution in [0.15, 0.2) is 94.4 Å². The van der Waals surface area contributed by atoms with Crippen molar-refractivity contribution in [3.8, 4) is 5.75 Å². The number of ether oxygens (including phenoxy) is 2. The Hall–Kier alpha value is -6.72. The van der Waals surface area contributed by atoms with Gasteiger partial charge in [0.25, 0.3) is 11.8 Å². The molecular formula is C44H44ClN5O11S. The first-order valence-electron chi connectivity index (χ1n) is 19.5. The standard InChI is InChI=1S/C44H44ClN5O11S/c1-25(2)40(48-36(52)7-5-6-8-39(55)61-50-37(53)19-20-38(50)54)34(51)21-26(3)41(56)46-30-12-9-27(10-13-30)24-59-44(57)49-43(62)33-23-28-22-29(45)11-18-35(28)60-42(33)47-31-14-16-32(58-4)17-15-31/h9-20,22-23,25-26,40H,5-8,21,24H2,1-4H3,(H,46,56)(H,48,52)(H,49,57,62)/t26-,40-/m1/s1. The maximum atomic E-state index is 13.2. The molecule has 18 heteroatoms. The van der Waals surface area contributed by atoms with Crippen LogP contribution in [0.1, 0.15) is 64.0 Å². The summed E-state index contributed by atoms with van der Waals surface area (Å²) >= 11 is 11.8. The number of fused-ring (bicyclic) bond motifs is 1. The van der Waals surface area contributed by atoms with E-state index in [-0.39, 0.29) is 61.0 Å². The highest BCUT2D eigenvalue weighted by molar-refractivity contribution is 7.80. The number of hydrogen-bond acceptors (Lipinski definition) is 13. The lowest BCUT2D eigenvalue weighted by Gasteiger charge is -2.23. The van der Waals surface area contributed by atoms with E-state index in [9.17, 15) is 33.6 Å². The molecule has 0 saturated heterocycles. The van der Waals surface area contributed by atoms with E-state index in [1.54, 1.807) is 101 Å². The van der Waals surface area contributed by atoms with Crippen molar-refractivity contribution < 1.29 is 52.3 Å². The zero-order chi connectivity index (χ0) is 44.9. The first-order valence-corrected chi connectivity index (χ1v) is 20.3. The van der Waals surface area contributed by atoms with Crippen LogP contribution in [-0.2, 0) is 44.9 Å². The van der Waals surface area contributed by atoms with Gasteiger partial charge in [0.05, 0.1) is 24.4 Å². The molecule has 16 nitrogen and oxygen atoms in total. The van der Waals surface area contributed by atoms with E-state index >= 15 is 0 Å². The van der Waals surface area contributed by atoms with E-state index in [1.165, 1.54) is 0 Å². The average Bonchev–Trinajstić information content (AvgIpc) is 3.56. The van der Waals surface area contributed by atoms with E-state index in [0.717, 1.165) is 12.2 Å². The number of alkyl carbamates (subject to hydrolysis) is 1. The molecule has 1 aliphatic rings. The number of rotatable bonds is 18. The Morgan fingerprint density at radius 2 is 1.56 bits per heavy atom. The number of anilines is 1. The topological polar surface area (TPSA) is 212 Å². The molecule has 324 valence electrons. The van der Waals surface area contributed by atoms with Crippen LogP contribution < -0.4 is 26.2 Å². The number of amides is 5. The number of hydroxylamine groups is 2. The SMILES string of the molecule is COc1ccc(N=c2oc3ccc(Cl)cc3cc2C(=S)NC(=O)OCc2ccc(NC(=O)[C@H](C)CC(=O)[C@H](NC(=O)CCCCC(=O)ON3C(=O)C=CC3=O)C(C)C)cc2)cc1. The number of hydrogen-bond donors (Lipinski definition) is 3. The van der Waals surface area contributed by atoms with Crippen LogP contribution in [0.2, 0.25) is 5.02 Å². The highest BCUT2D eigenvalue weighted by atomic mass is 35.5. The van der Waals surface area contributed by atoms with Crippen LogP contribution in [0.5, 0.6) is 5.75 Å². The van der Waals surface area contributed by atoms with Crippen molar-refractivity contribution in [3.63, 3.8) is 0 Å². The molecule has 3 aromatic carbocycles. The predicted molar refractivity (Wildman–Crippen MR) is 231 cm³/mol. The van der Waals surface area contributed by atoms with Crippen LogP contribution in [-0.4, -0.2) is 64.7 Å². The van der Waals surface area contributed by atoms with Crippen molar-refractivity contribution in [2.75, 3.05) is 12.4 Å². The van der Waals surface area contributed by atoms with Crippen LogP contribution >= 0.6 is 23.8 Å². The van der Waals surface area contributed by atoms with Gasteiger partial charge in [-0.1, -0.05) is 61.8 Å². The summed E-state index contributed by atoms with van der Waals surface area (Å²) in [5.41, 5.74) is 2.60. The second kappa shape index (κ2) is 21.7. The molecule has 0 aliphatic carbocycles. The van der Waals surface area contributed by atoms with E-state index < -0.39 is 47.7 Å². The monoisotopic (exact) mass is 885 g/mol. The summed E-state index contributed by atoms with van der Waals surface area (Å²) in [4.78, 5) is 96.2. The van der Waals surface area contributed by atoms with Gasteiger partial charge in [-0.05, 0) is 85.0 Å². The average molecular weight is 886 g/mol. The van der Waals surface area contributed by atoms with Gasteiger partial charge in [0.2, 0.25) is 17.4 Å². The number of imide groups is 1. The normalized spacial score (nSPS) is 13.5. The number of benzene rings is 3. The van der Waals surface area contributed by atoms with Gasteiger partial charge < -0.3 is 29.4 Å². The fourth-order valence-corrected chi connectivity index (χ4v) is 6.39. The maximum Gasteiger partial charge on any atom is 0.412 e. The molecule has 5 amide bonds. The summed E-state index contributed by atoms with van der Waals surface area (Å²) in [6.07, 6.45) is 1.44. The van der Waals surface area contributed by atoms with Gasteiger partial charge in [-0.2, -0.15) is 0 Å². The highest BCUT2D eigenvalue weighted by Gasteiger charge is 2.29. The summed E-state index contributed by atoms with van der Waals surface area (Å²) in [5, 5.41) is 9.55. The Morgan fingerprint density at radius 3 is 2.23 bits per heavy atom. The molecule has 1 aliphatic heterocycles. The second-order valence-corrected chi connectivity index (χ2v) is 15.4. The van der Waals surface area contributed by atoms with Crippen LogP contribution in [0.4, 0.5) is 16.2 Å². The second-order valence-electron chi connectivity index (χ2n) is 14.5. The quantitative estimate of drug-likeness (QED) is 0.0552. The summed E-state index contributed by atoms with van der Waals surface area (Å²) < 4.78 is 16.7. The van der Waals surface area contributed by atoms with Crippen molar-refractivity contribution in [1.82, 2.24) is 15.7 Å². The number of nitrogens with one attached hydrogen (secondary N) is 3. The van der Waals surface area contributed by atoms with Crippen molar-refractivity contribution in [3.05, 3.63) is 107 Å². The lowest BCUT2D eigenvalue weighted by molar-refractivity contribution is -0.196. The molecule has 4 aromatic rings. The number of carbonyl (C=O) groups excluding carboxylic acids is 7. The molecule has 0 unspecified atom stereocenters. The van der Waals surface area contributed by atoms with Crippen molar-refractivity contribution in [1.29, 1.82) is 0 Å². The van der Waals surface area contributed by atoms with E-state index in [1.807, 2.05) is 0 Å². The molecule has 62 heavy (non-hydrogen) atoms. The van der Waals surface area contributed by atoms with Gasteiger partial charge in [0, 0.05) is 53.4 Å². The third-order valence-electron chi connectivity index (χ3n) is 9.35. The predicted octanol–water partition coefficient (Wildman–Crippen LogP) is 6.55. The number of methoxy groups -OCH3 is 1. The maximum absolute atomic E-state index is 13.2. The summed E-state index contributed by atoms with van der Waals surface area (Å²) in [7, 11) is 1.56.